The summed E-state index contributed by atoms with van der Waals surface area (Å²) >= 11 is 0. The number of carbonyl (C=O) groups is 1. The molecule has 1 unspecified atom stereocenters. The van der Waals surface area contributed by atoms with Crippen LogP contribution in [-0.4, -0.2) is 39.3 Å². The molecule has 0 radical (unpaired) electrons. The zero-order valence-corrected chi connectivity index (χ0v) is 14.8. The molecule has 0 aromatic heterocycles. The van der Waals surface area contributed by atoms with E-state index in [2.05, 4.69) is 5.32 Å². The minimum absolute atomic E-state index is 0.126. The molecule has 7 heteroatoms. The summed E-state index contributed by atoms with van der Waals surface area (Å²) in [4.78, 5) is 12.1. The van der Waals surface area contributed by atoms with Crippen molar-refractivity contribution in [2.75, 3.05) is 28.5 Å². The van der Waals surface area contributed by atoms with E-state index in [9.17, 15) is 13.2 Å². The molecule has 1 atom stereocenters. The van der Waals surface area contributed by atoms with Crippen LogP contribution in [0.5, 0.6) is 0 Å². The summed E-state index contributed by atoms with van der Waals surface area (Å²) in [6, 6.07) is 5.45. The van der Waals surface area contributed by atoms with Crippen LogP contribution in [0.25, 0.3) is 0 Å². The quantitative estimate of drug-likeness (QED) is 0.882. The Morgan fingerprint density at radius 3 is 2.92 bits per heavy atom. The number of carbonyl (C=O) groups excluding carboxylic acids is 1. The Labute approximate surface area is 143 Å². The molecular weight excluding hydrogens is 328 g/mol. The van der Waals surface area contributed by atoms with E-state index in [1.165, 1.54) is 4.31 Å². The van der Waals surface area contributed by atoms with Crippen molar-refractivity contribution in [1.82, 2.24) is 0 Å². The number of hydrogen-bond acceptors (Lipinski definition) is 4. The predicted molar refractivity (Wildman–Crippen MR) is 93.8 cm³/mol. The number of rotatable bonds is 5. The molecule has 1 saturated heterocycles. The van der Waals surface area contributed by atoms with Crippen LogP contribution in [0.15, 0.2) is 18.2 Å². The molecule has 1 N–H and O–H groups in total. The number of anilines is 2. The summed E-state index contributed by atoms with van der Waals surface area (Å²) in [5, 5.41) is 2.88. The smallest absolute Gasteiger partial charge is 0.253 e. The summed E-state index contributed by atoms with van der Waals surface area (Å²) in [7, 11) is -3.27. The second-order valence-electron chi connectivity index (χ2n) is 6.33. The van der Waals surface area contributed by atoms with Crippen LogP contribution in [-0.2, 0) is 26.0 Å². The molecule has 2 aliphatic rings. The Bertz CT molecular complexity index is 711. The van der Waals surface area contributed by atoms with Gasteiger partial charge in [0.15, 0.2) is 0 Å². The maximum absolute atomic E-state index is 12.4. The van der Waals surface area contributed by atoms with Gasteiger partial charge in [0.05, 0.1) is 11.4 Å². The third-order valence-corrected chi connectivity index (χ3v) is 6.42. The van der Waals surface area contributed by atoms with Crippen LogP contribution in [0.2, 0.25) is 0 Å². The third kappa shape index (κ3) is 3.57. The number of sulfonamides is 1. The van der Waals surface area contributed by atoms with Crippen molar-refractivity contribution in [3.05, 3.63) is 23.8 Å². The van der Waals surface area contributed by atoms with Gasteiger partial charge in [-0.25, -0.2) is 8.42 Å². The minimum Gasteiger partial charge on any atom is -0.368 e. The zero-order chi connectivity index (χ0) is 17.2. The molecule has 0 aliphatic carbocycles. The first-order valence-electron chi connectivity index (χ1n) is 8.57. The highest BCUT2D eigenvalue weighted by Crippen LogP contribution is 2.32. The van der Waals surface area contributed by atoms with Gasteiger partial charge in [0.25, 0.3) is 5.91 Å². The van der Waals surface area contributed by atoms with Gasteiger partial charge in [-0.05, 0) is 55.9 Å². The van der Waals surface area contributed by atoms with Gasteiger partial charge in [-0.1, -0.05) is 6.92 Å². The van der Waals surface area contributed by atoms with E-state index in [-0.39, 0.29) is 17.8 Å². The van der Waals surface area contributed by atoms with Gasteiger partial charge in [-0.15, -0.1) is 0 Å². The highest BCUT2D eigenvalue weighted by molar-refractivity contribution is 7.92. The van der Waals surface area contributed by atoms with E-state index < -0.39 is 10.0 Å². The molecule has 6 nitrogen and oxygen atoms in total. The van der Waals surface area contributed by atoms with Crippen LogP contribution in [0.4, 0.5) is 11.4 Å². The minimum atomic E-state index is -3.27. The van der Waals surface area contributed by atoms with E-state index in [1.807, 2.05) is 13.0 Å². The number of fused-ring (bicyclic) bond motifs is 1. The summed E-state index contributed by atoms with van der Waals surface area (Å²) in [6.07, 6.45) is 3.49. The molecule has 2 aliphatic heterocycles. The Balaban J connectivity index is 1.79. The highest BCUT2D eigenvalue weighted by Gasteiger charge is 2.28. The Morgan fingerprint density at radius 2 is 2.21 bits per heavy atom. The average Bonchev–Trinajstić information content (AvgIpc) is 3.08. The van der Waals surface area contributed by atoms with Gasteiger partial charge in [-0.3, -0.25) is 9.10 Å². The summed E-state index contributed by atoms with van der Waals surface area (Å²) in [6.45, 7) is 3.02. The number of ether oxygens (including phenoxy) is 1. The first-order chi connectivity index (χ1) is 11.5. The first-order valence-corrected chi connectivity index (χ1v) is 10.2. The molecule has 24 heavy (non-hydrogen) atoms. The lowest BCUT2D eigenvalue weighted by Gasteiger charge is -2.30. The molecule has 132 valence electrons. The van der Waals surface area contributed by atoms with E-state index in [1.54, 1.807) is 12.1 Å². The monoisotopic (exact) mass is 352 g/mol. The van der Waals surface area contributed by atoms with Crippen molar-refractivity contribution >= 4 is 27.3 Å². The number of amides is 1. The van der Waals surface area contributed by atoms with Crippen molar-refractivity contribution in [2.45, 2.75) is 45.1 Å². The predicted octanol–water partition coefficient (Wildman–Crippen LogP) is 2.30. The standard InChI is InChI=1S/C17H24N2O4S/c1-2-11-24(21,22)19-9-3-5-13-12-14(7-8-15(13)19)18-17(20)16-6-4-10-23-16/h7-8,12,16H,2-6,9-11H2,1H3,(H,18,20). The van der Waals surface area contributed by atoms with Gasteiger partial charge >= 0.3 is 0 Å². The van der Waals surface area contributed by atoms with Crippen molar-refractivity contribution < 1.29 is 17.9 Å². The molecular formula is C17H24N2O4S. The summed E-state index contributed by atoms with van der Waals surface area (Å²) < 4.78 is 31.8. The molecule has 3 rings (SSSR count). The van der Waals surface area contributed by atoms with Gasteiger partial charge in [0, 0.05) is 18.8 Å². The molecule has 0 bridgehead atoms. The van der Waals surface area contributed by atoms with Crippen LogP contribution in [0.1, 0.15) is 38.2 Å². The lowest BCUT2D eigenvalue weighted by Crippen LogP contribution is -2.37. The van der Waals surface area contributed by atoms with E-state index >= 15 is 0 Å². The average molecular weight is 352 g/mol. The topological polar surface area (TPSA) is 75.7 Å². The highest BCUT2D eigenvalue weighted by atomic mass is 32.2. The second-order valence-corrected chi connectivity index (χ2v) is 8.34. The molecule has 0 saturated carbocycles. The number of benzene rings is 1. The Kier molecular flexibility index (Phi) is 5.10. The fourth-order valence-electron chi connectivity index (χ4n) is 3.30. The maximum Gasteiger partial charge on any atom is 0.253 e. The fourth-order valence-corrected chi connectivity index (χ4v) is 4.93. The van der Waals surface area contributed by atoms with E-state index in [0.29, 0.717) is 25.3 Å². The molecule has 1 aromatic carbocycles. The molecule has 1 aromatic rings. The summed E-state index contributed by atoms with van der Waals surface area (Å²) in [5.74, 6) is 0.0305. The van der Waals surface area contributed by atoms with Gasteiger partial charge in [0.1, 0.15) is 6.10 Å². The van der Waals surface area contributed by atoms with Crippen molar-refractivity contribution in [3.63, 3.8) is 0 Å². The van der Waals surface area contributed by atoms with E-state index in [0.717, 1.165) is 36.9 Å². The van der Waals surface area contributed by atoms with Crippen molar-refractivity contribution in [1.29, 1.82) is 0 Å². The lowest BCUT2D eigenvalue weighted by molar-refractivity contribution is -0.124. The van der Waals surface area contributed by atoms with Crippen LogP contribution in [0, 0.1) is 0 Å². The molecule has 1 amide bonds. The Morgan fingerprint density at radius 1 is 1.38 bits per heavy atom. The maximum atomic E-state index is 12.4. The van der Waals surface area contributed by atoms with E-state index in [4.69, 9.17) is 4.74 Å². The number of nitrogens with one attached hydrogen (secondary N) is 1. The molecule has 1 fully saturated rings. The van der Waals surface area contributed by atoms with Crippen molar-refractivity contribution in [2.24, 2.45) is 0 Å². The largest absolute Gasteiger partial charge is 0.368 e. The van der Waals surface area contributed by atoms with Crippen LogP contribution >= 0.6 is 0 Å². The number of nitrogens with zero attached hydrogens (tertiary/aromatic N) is 1. The normalized spacial score (nSPS) is 20.7. The van der Waals surface area contributed by atoms with Gasteiger partial charge in [0.2, 0.25) is 10.0 Å². The zero-order valence-electron chi connectivity index (χ0n) is 14.0. The first kappa shape index (κ1) is 17.2. The van der Waals surface area contributed by atoms with Crippen LogP contribution in [0.3, 0.4) is 0 Å². The van der Waals surface area contributed by atoms with Gasteiger partial charge in [-0.2, -0.15) is 0 Å². The number of aryl methyl sites for hydroxylation is 1. The summed E-state index contributed by atoms with van der Waals surface area (Å²) in [5.41, 5.74) is 2.40. The van der Waals surface area contributed by atoms with Crippen LogP contribution < -0.4 is 9.62 Å². The molecule has 0 spiro atoms. The lowest BCUT2D eigenvalue weighted by atomic mass is 10.0. The van der Waals surface area contributed by atoms with Crippen molar-refractivity contribution in [3.8, 4) is 0 Å². The SMILES string of the molecule is CCCS(=O)(=O)N1CCCc2cc(NC(=O)C3CCCO3)ccc21. The Hall–Kier alpha value is -1.60. The van der Waals surface area contributed by atoms with Gasteiger partial charge < -0.3 is 10.1 Å². The second kappa shape index (κ2) is 7.11. The molecule has 2 heterocycles. The fraction of sp³-hybridized carbons (Fsp3) is 0.588. The number of hydrogen-bond donors (Lipinski definition) is 1. The third-order valence-electron chi connectivity index (χ3n) is 4.44.